The molecule has 0 radical (unpaired) electrons. The van der Waals surface area contributed by atoms with Gasteiger partial charge in [0.05, 0.1) is 11.4 Å². The Labute approximate surface area is 229 Å². The highest BCUT2D eigenvalue weighted by Crippen LogP contribution is 2.37. The number of benzene rings is 2. The predicted octanol–water partition coefficient (Wildman–Crippen LogP) is 3.81. The zero-order chi connectivity index (χ0) is 27.5. The number of carbonyl (C=O) groups excluding carboxylic acids is 3. The van der Waals surface area contributed by atoms with E-state index in [2.05, 4.69) is 10.3 Å². The molecule has 0 aromatic heterocycles. The van der Waals surface area contributed by atoms with Crippen molar-refractivity contribution >= 4 is 35.0 Å². The fraction of sp³-hybridized carbons (Fsp3) is 0.467. The molecule has 4 aliphatic rings. The number of benzodiazepines with no additional fused rings is 1. The maximum absolute atomic E-state index is 14.0. The molecule has 1 unspecified atom stereocenters. The van der Waals surface area contributed by atoms with Crippen molar-refractivity contribution in [2.75, 3.05) is 43.5 Å². The van der Waals surface area contributed by atoms with Gasteiger partial charge in [-0.2, -0.15) is 0 Å². The van der Waals surface area contributed by atoms with E-state index in [1.54, 1.807) is 0 Å². The lowest BCUT2D eigenvalue weighted by Crippen LogP contribution is -2.51. The number of amides is 3. The van der Waals surface area contributed by atoms with Crippen LogP contribution in [-0.2, 0) is 20.9 Å². The summed E-state index contributed by atoms with van der Waals surface area (Å²) in [5.74, 6) is 0.505. The number of hydrogen-bond donors (Lipinski definition) is 1. The minimum atomic E-state index is -1.22. The topological polar surface area (TPSA) is 94.5 Å². The van der Waals surface area contributed by atoms with Crippen LogP contribution < -0.4 is 15.1 Å². The quantitative estimate of drug-likeness (QED) is 0.612. The largest absolute Gasteiger partial charge is 0.445 e. The van der Waals surface area contributed by atoms with Gasteiger partial charge in [-0.1, -0.05) is 42.5 Å². The summed E-state index contributed by atoms with van der Waals surface area (Å²) in [6.07, 6.45) is 2.68. The number of nitrogens with zero attached hydrogens (tertiary/aromatic N) is 4. The number of alkyl carbamates (subject to hydrolysis) is 1. The monoisotopic (exact) mass is 531 g/mol. The van der Waals surface area contributed by atoms with Crippen LogP contribution in [0.25, 0.3) is 0 Å². The van der Waals surface area contributed by atoms with E-state index in [1.807, 2.05) is 79.3 Å². The molecule has 0 spiro atoms. The second kappa shape index (κ2) is 11.5. The third-order valence-corrected chi connectivity index (χ3v) is 8.02. The van der Waals surface area contributed by atoms with Crippen LogP contribution >= 0.6 is 0 Å². The highest BCUT2D eigenvalue weighted by Gasteiger charge is 2.37. The van der Waals surface area contributed by atoms with Crippen molar-refractivity contribution in [1.82, 2.24) is 10.2 Å². The van der Waals surface area contributed by atoms with Gasteiger partial charge in [0.1, 0.15) is 13.2 Å². The lowest BCUT2D eigenvalue weighted by atomic mass is 9.84. The number of aliphatic imine (C=N–C) groups is 1. The van der Waals surface area contributed by atoms with Gasteiger partial charge in [0.2, 0.25) is 12.1 Å². The zero-order valence-corrected chi connectivity index (χ0v) is 22.9. The van der Waals surface area contributed by atoms with Crippen LogP contribution in [0.5, 0.6) is 0 Å². The Morgan fingerprint density at radius 3 is 2.31 bits per heavy atom. The van der Waals surface area contributed by atoms with Crippen LogP contribution in [0.1, 0.15) is 43.7 Å². The molecule has 2 aromatic rings. The molecule has 9 heteroatoms. The van der Waals surface area contributed by atoms with Crippen LogP contribution in [0.2, 0.25) is 0 Å². The summed E-state index contributed by atoms with van der Waals surface area (Å²) >= 11 is 0. The summed E-state index contributed by atoms with van der Waals surface area (Å²) in [6, 6.07) is 15.1. The SMILES string of the molecule is CC1=NC(NC(=O)OCc2ccccc2)C(=O)N(CC(=O)N2CC3CCC(CC3)C2)c2c1cccc2N(C)C. The van der Waals surface area contributed by atoms with Gasteiger partial charge in [0.15, 0.2) is 0 Å². The van der Waals surface area contributed by atoms with Crippen molar-refractivity contribution in [2.24, 2.45) is 16.8 Å². The lowest BCUT2D eigenvalue weighted by molar-refractivity contribution is -0.132. The standard InChI is InChI=1S/C30H37N5O4/c1-20-24-10-7-11-25(33(2)3)27(24)35(18-26(36)34-16-21-12-13-22(17-34)15-14-21)29(37)28(31-20)32-30(38)39-19-23-8-5-4-6-9-23/h4-11,21-22,28H,12-19H2,1-3H3,(H,32,38). The van der Waals surface area contributed by atoms with Crippen LogP contribution in [0, 0.1) is 11.8 Å². The Hall–Kier alpha value is -3.88. The normalized spacial score (nSPS) is 22.4. The molecule has 1 aliphatic carbocycles. The van der Waals surface area contributed by atoms with E-state index in [9.17, 15) is 14.4 Å². The highest BCUT2D eigenvalue weighted by molar-refractivity contribution is 6.16. The molecular weight excluding hydrogens is 494 g/mol. The number of para-hydroxylation sites is 1. The van der Waals surface area contributed by atoms with E-state index in [-0.39, 0.29) is 19.1 Å². The molecule has 3 aliphatic heterocycles. The van der Waals surface area contributed by atoms with Crippen molar-refractivity contribution in [3.05, 3.63) is 59.7 Å². The summed E-state index contributed by atoms with van der Waals surface area (Å²) in [4.78, 5) is 50.4. The molecule has 1 N–H and O–H groups in total. The maximum atomic E-state index is 14.0. The Morgan fingerprint density at radius 1 is 1.00 bits per heavy atom. The molecule has 2 aromatic carbocycles. The van der Waals surface area contributed by atoms with Gasteiger partial charge < -0.3 is 14.5 Å². The Morgan fingerprint density at radius 2 is 1.67 bits per heavy atom. The van der Waals surface area contributed by atoms with E-state index in [0.717, 1.165) is 55.6 Å². The average Bonchev–Trinajstić information content (AvgIpc) is 3.32. The summed E-state index contributed by atoms with van der Waals surface area (Å²) in [5.41, 5.74) is 3.60. The Bertz CT molecular complexity index is 1240. The first-order valence-electron chi connectivity index (χ1n) is 13.7. The smallest absolute Gasteiger partial charge is 0.409 e. The van der Waals surface area contributed by atoms with Crippen LogP contribution in [0.4, 0.5) is 16.2 Å². The first kappa shape index (κ1) is 26.7. The number of rotatable bonds is 6. The predicted molar refractivity (Wildman–Crippen MR) is 151 cm³/mol. The fourth-order valence-electron chi connectivity index (χ4n) is 5.90. The second-order valence-electron chi connectivity index (χ2n) is 11.0. The van der Waals surface area contributed by atoms with Crippen LogP contribution in [-0.4, -0.2) is 68.4 Å². The molecule has 3 amide bonds. The minimum absolute atomic E-state index is 0.0702. The van der Waals surface area contributed by atoms with Crippen molar-refractivity contribution in [2.45, 2.75) is 45.4 Å². The van der Waals surface area contributed by atoms with E-state index in [0.29, 0.717) is 23.2 Å². The molecule has 1 atom stereocenters. The minimum Gasteiger partial charge on any atom is -0.445 e. The number of carbonyl (C=O) groups is 3. The molecular formula is C30H37N5O4. The molecule has 2 bridgehead atoms. The van der Waals surface area contributed by atoms with Crippen molar-refractivity contribution in [1.29, 1.82) is 0 Å². The molecule has 1 saturated carbocycles. The first-order chi connectivity index (χ1) is 18.8. The molecule has 3 heterocycles. The highest BCUT2D eigenvalue weighted by atomic mass is 16.5. The Balaban J connectivity index is 1.41. The second-order valence-corrected chi connectivity index (χ2v) is 11.0. The summed E-state index contributed by atoms with van der Waals surface area (Å²) in [5, 5.41) is 2.63. The van der Waals surface area contributed by atoms with Crippen molar-refractivity contribution in [3.63, 3.8) is 0 Å². The van der Waals surface area contributed by atoms with Crippen LogP contribution in [0.3, 0.4) is 0 Å². The first-order valence-corrected chi connectivity index (χ1v) is 13.7. The third-order valence-electron chi connectivity index (χ3n) is 8.02. The zero-order valence-electron chi connectivity index (χ0n) is 22.9. The number of ether oxygens (including phenoxy) is 1. The van der Waals surface area contributed by atoms with Gasteiger partial charge in [-0.15, -0.1) is 0 Å². The van der Waals surface area contributed by atoms with Gasteiger partial charge in [0.25, 0.3) is 5.91 Å². The number of nitrogens with one attached hydrogen (secondary N) is 1. The molecule has 9 nitrogen and oxygen atoms in total. The van der Waals surface area contributed by atoms with Crippen molar-refractivity contribution in [3.8, 4) is 0 Å². The van der Waals surface area contributed by atoms with Gasteiger partial charge in [-0.05, 0) is 56.1 Å². The van der Waals surface area contributed by atoms with Crippen LogP contribution in [0.15, 0.2) is 53.5 Å². The van der Waals surface area contributed by atoms with Gasteiger partial charge in [0, 0.05) is 38.5 Å². The van der Waals surface area contributed by atoms with Crippen molar-refractivity contribution < 1.29 is 19.1 Å². The Kier molecular flexibility index (Phi) is 7.86. The lowest BCUT2D eigenvalue weighted by Gasteiger charge is -2.31. The number of anilines is 2. The number of hydrogen-bond acceptors (Lipinski definition) is 6. The molecule has 206 valence electrons. The average molecular weight is 532 g/mol. The summed E-state index contributed by atoms with van der Waals surface area (Å²) in [6.45, 7) is 3.25. The summed E-state index contributed by atoms with van der Waals surface area (Å²) < 4.78 is 5.38. The van der Waals surface area contributed by atoms with E-state index >= 15 is 0 Å². The molecule has 6 rings (SSSR count). The van der Waals surface area contributed by atoms with Gasteiger partial charge >= 0.3 is 6.09 Å². The van der Waals surface area contributed by atoms with Gasteiger partial charge in [-0.3, -0.25) is 24.8 Å². The maximum Gasteiger partial charge on any atom is 0.409 e. The van der Waals surface area contributed by atoms with E-state index in [1.165, 1.54) is 4.90 Å². The van der Waals surface area contributed by atoms with E-state index < -0.39 is 18.2 Å². The molecule has 3 fully saturated rings. The summed E-state index contributed by atoms with van der Waals surface area (Å²) in [7, 11) is 3.81. The fourth-order valence-corrected chi connectivity index (χ4v) is 5.90. The number of fused-ring (bicyclic) bond motifs is 5. The third kappa shape index (κ3) is 5.92. The molecule has 2 saturated heterocycles. The van der Waals surface area contributed by atoms with E-state index in [4.69, 9.17) is 4.74 Å². The molecule has 39 heavy (non-hydrogen) atoms. The van der Waals surface area contributed by atoms with Gasteiger partial charge in [-0.25, -0.2) is 4.79 Å².